The lowest BCUT2D eigenvalue weighted by molar-refractivity contribution is 0.712. The number of hydrogen-bond donors (Lipinski definition) is 1. The summed E-state index contributed by atoms with van der Waals surface area (Å²) in [4.78, 5) is 6.65. The first-order valence-corrected chi connectivity index (χ1v) is 6.66. The summed E-state index contributed by atoms with van der Waals surface area (Å²) < 4.78 is 1.16. The van der Waals surface area contributed by atoms with Crippen LogP contribution >= 0.6 is 38.6 Å². The molecule has 0 radical (unpaired) electrons. The van der Waals surface area contributed by atoms with Gasteiger partial charge in [0.2, 0.25) is 0 Å². The second kappa shape index (κ2) is 4.53. The van der Waals surface area contributed by atoms with E-state index in [-0.39, 0.29) is 6.04 Å². The highest BCUT2D eigenvalue weighted by atomic mass is 79.9. The van der Waals surface area contributed by atoms with Crippen LogP contribution in [0.1, 0.15) is 15.8 Å². The summed E-state index contributed by atoms with van der Waals surface area (Å²) in [6.45, 7) is 0. The Labute approximate surface area is 99.1 Å². The molecule has 0 aliphatic rings. The van der Waals surface area contributed by atoms with Crippen molar-refractivity contribution in [2.45, 2.75) is 6.04 Å². The van der Waals surface area contributed by atoms with Crippen LogP contribution in [-0.2, 0) is 0 Å². The molecule has 1 unspecified atom stereocenters. The first-order chi connectivity index (χ1) is 6.83. The van der Waals surface area contributed by atoms with E-state index in [1.54, 1.807) is 22.7 Å². The maximum Gasteiger partial charge on any atom is 0.0795 e. The molecule has 1 atom stereocenters. The van der Waals surface area contributed by atoms with Crippen LogP contribution in [0, 0.1) is 0 Å². The average molecular weight is 289 g/mol. The van der Waals surface area contributed by atoms with Crippen LogP contribution in [0.25, 0.3) is 0 Å². The summed E-state index contributed by atoms with van der Waals surface area (Å²) >= 11 is 6.97. The maximum atomic E-state index is 4.10. The third kappa shape index (κ3) is 1.91. The maximum absolute atomic E-state index is 4.10. The van der Waals surface area contributed by atoms with Gasteiger partial charge in [0.15, 0.2) is 0 Å². The average Bonchev–Trinajstić information content (AvgIpc) is 2.80. The van der Waals surface area contributed by atoms with Gasteiger partial charge in [-0.3, -0.25) is 4.98 Å². The minimum atomic E-state index is 0.261. The number of thiophene rings is 1. The first kappa shape index (κ1) is 10.3. The molecule has 0 spiro atoms. The van der Waals surface area contributed by atoms with Crippen molar-refractivity contribution in [1.29, 1.82) is 0 Å². The molecule has 0 saturated heterocycles. The van der Waals surface area contributed by atoms with Crippen molar-refractivity contribution >= 4 is 38.6 Å². The van der Waals surface area contributed by atoms with Gasteiger partial charge in [-0.05, 0) is 34.4 Å². The van der Waals surface area contributed by atoms with E-state index < -0.39 is 0 Å². The molecule has 0 fully saturated rings. The van der Waals surface area contributed by atoms with Gasteiger partial charge in [0.05, 0.1) is 11.6 Å². The Hall–Kier alpha value is -0.230. The van der Waals surface area contributed by atoms with E-state index in [1.165, 1.54) is 9.75 Å². The second-order valence-electron chi connectivity index (χ2n) is 2.76. The molecule has 74 valence electrons. The predicted molar refractivity (Wildman–Crippen MR) is 65.0 cm³/mol. The fraction of sp³-hybridized carbons (Fsp3) is 0.222. The van der Waals surface area contributed by atoms with Crippen LogP contribution in [0.2, 0.25) is 0 Å². The number of rotatable bonds is 3. The summed E-state index contributed by atoms with van der Waals surface area (Å²) in [5, 5.41) is 5.39. The number of hydrogen-bond acceptors (Lipinski definition) is 4. The van der Waals surface area contributed by atoms with Gasteiger partial charge in [-0.2, -0.15) is 0 Å². The molecule has 0 saturated carbocycles. The summed E-state index contributed by atoms with van der Waals surface area (Å²) in [6.07, 6.45) is 1.91. The highest BCUT2D eigenvalue weighted by molar-refractivity contribution is 9.10. The fourth-order valence-electron chi connectivity index (χ4n) is 1.28. The van der Waals surface area contributed by atoms with Crippen LogP contribution in [0.3, 0.4) is 0 Å². The molecule has 2 rings (SSSR count). The first-order valence-electron chi connectivity index (χ1n) is 4.11. The Morgan fingerprint density at radius 3 is 2.86 bits per heavy atom. The van der Waals surface area contributed by atoms with Crippen molar-refractivity contribution in [3.63, 3.8) is 0 Å². The molecule has 0 aliphatic heterocycles. The van der Waals surface area contributed by atoms with Crippen LogP contribution in [0.5, 0.6) is 0 Å². The van der Waals surface area contributed by atoms with E-state index >= 15 is 0 Å². The summed E-state index contributed by atoms with van der Waals surface area (Å²) in [5.41, 5.74) is 1.86. The molecule has 1 N–H and O–H groups in total. The Kier molecular flexibility index (Phi) is 3.33. The number of nitrogens with one attached hydrogen (secondary N) is 1. The zero-order valence-electron chi connectivity index (χ0n) is 7.53. The lowest BCUT2D eigenvalue weighted by atomic mass is 10.2. The molecule has 0 bridgehead atoms. The lowest BCUT2D eigenvalue weighted by Crippen LogP contribution is -2.15. The molecule has 2 aromatic heterocycles. The normalized spacial score (nSPS) is 13.0. The molecule has 5 heteroatoms. The van der Waals surface area contributed by atoms with E-state index in [1.807, 2.05) is 18.8 Å². The molecule has 0 aromatic carbocycles. The smallest absolute Gasteiger partial charge is 0.0795 e. The molecule has 2 aromatic rings. The minimum absolute atomic E-state index is 0.261. The topological polar surface area (TPSA) is 24.9 Å². The minimum Gasteiger partial charge on any atom is -0.308 e. The summed E-state index contributed by atoms with van der Waals surface area (Å²) in [5.74, 6) is 0. The van der Waals surface area contributed by atoms with E-state index in [0.717, 1.165) is 4.47 Å². The van der Waals surface area contributed by atoms with Gasteiger partial charge in [-0.15, -0.1) is 22.7 Å². The monoisotopic (exact) mass is 288 g/mol. The third-order valence-electron chi connectivity index (χ3n) is 1.93. The molecule has 2 nitrogen and oxygen atoms in total. The van der Waals surface area contributed by atoms with Crippen molar-refractivity contribution in [3.05, 3.63) is 37.4 Å². The summed E-state index contributed by atoms with van der Waals surface area (Å²) in [7, 11) is 1.97. The largest absolute Gasteiger partial charge is 0.308 e. The van der Waals surface area contributed by atoms with E-state index in [2.05, 4.69) is 37.7 Å². The summed E-state index contributed by atoms with van der Waals surface area (Å²) in [6, 6.07) is 2.34. The van der Waals surface area contributed by atoms with Gasteiger partial charge in [-0.25, -0.2) is 0 Å². The molecular weight excluding hydrogens is 280 g/mol. The Balaban J connectivity index is 2.36. The van der Waals surface area contributed by atoms with Gasteiger partial charge >= 0.3 is 0 Å². The lowest BCUT2D eigenvalue weighted by Gasteiger charge is -2.12. The molecule has 0 aliphatic carbocycles. The number of halogens is 1. The number of nitrogens with zero attached hydrogens (tertiary/aromatic N) is 1. The van der Waals surface area contributed by atoms with Crippen LogP contribution in [0.15, 0.2) is 27.6 Å². The van der Waals surface area contributed by atoms with E-state index in [0.29, 0.717) is 0 Å². The van der Waals surface area contributed by atoms with Crippen molar-refractivity contribution in [3.8, 4) is 0 Å². The molecule has 2 heterocycles. The number of aromatic nitrogens is 1. The van der Waals surface area contributed by atoms with Gasteiger partial charge in [0, 0.05) is 20.4 Å². The quantitative estimate of drug-likeness (QED) is 0.938. The fourth-order valence-corrected chi connectivity index (χ4v) is 3.82. The van der Waals surface area contributed by atoms with Gasteiger partial charge in [-0.1, -0.05) is 0 Å². The van der Waals surface area contributed by atoms with Gasteiger partial charge in [0.25, 0.3) is 0 Å². The van der Waals surface area contributed by atoms with E-state index in [9.17, 15) is 0 Å². The van der Waals surface area contributed by atoms with Crippen molar-refractivity contribution in [2.24, 2.45) is 0 Å². The highest BCUT2D eigenvalue weighted by Crippen LogP contribution is 2.34. The molecular formula is C9H9BrN2S2. The van der Waals surface area contributed by atoms with Gasteiger partial charge < -0.3 is 5.32 Å². The number of thiazole rings is 1. The van der Waals surface area contributed by atoms with Crippen LogP contribution < -0.4 is 5.32 Å². The van der Waals surface area contributed by atoms with Crippen molar-refractivity contribution in [1.82, 2.24) is 10.3 Å². The third-order valence-corrected chi connectivity index (χ3v) is 4.71. The standard InChI is InChI=1S/C9H9BrN2S2/c1-11-8(7-4-12-5-14-7)9-6(10)2-3-13-9/h2-5,8,11H,1H3. The highest BCUT2D eigenvalue weighted by Gasteiger charge is 2.17. The molecule has 14 heavy (non-hydrogen) atoms. The Morgan fingerprint density at radius 2 is 2.36 bits per heavy atom. The predicted octanol–water partition coefficient (Wildman–Crippen LogP) is 3.28. The SMILES string of the molecule is CNC(c1cncs1)c1sccc1Br. The Morgan fingerprint density at radius 1 is 1.50 bits per heavy atom. The van der Waals surface area contributed by atoms with E-state index in [4.69, 9.17) is 0 Å². The zero-order chi connectivity index (χ0) is 9.97. The Bertz CT molecular complexity index is 397. The van der Waals surface area contributed by atoms with Crippen LogP contribution in [-0.4, -0.2) is 12.0 Å². The molecule has 0 amide bonds. The zero-order valence-corrected chi connectivity index (χ0v) is 10.7. The van der Waals surface area contributed by atoms with Crippen LogP contribution in [0.4, 0.5) is 0 Å². The van der Waals surface area contributed by atoms with Crippen molar-refractivity contribution < 1.29 is 0 Å². The van der Waals surface area contributed by atoms with Gasteiger partial charge in [0.1, 0.15) is 0 Å². The van der Waals surface area contributed by atoms with Crippen molar-refractivity contribution in [2.75, 3.05) is 7.05 Å². The second-order valence-corrected chi connectivity index (χ2v) is 5.48.